The summed E-state index contributed by atoms with van der Waals surface area (Å²) in [4.78, 5) is 40.2. The fraction of sp³-hybridized carbons (Fsp3) is 0.355. The third-order valence-electron chi connectivity index (χ3n) is 8.24. The first-order valence-corrected chi connectivity index (χ1v) is 13.6. The predicted molar refractivity (Wildman–Crippen MR) is 147 cm³/mol. The Labute approximate surface area is 226 Å². The van der Waals surface area contributed by atoms with Crippen molar-refractivity contribution in [1.29, 1.82) is 0 Å². The zero-order valence-corrected chi connectivity index (χ0v) is 22.0. The molecule has 0 N–H and O–H groups in total. The van der Waals surface area contributed by atoms with Gasteiger partial charge in [0.2, 0.25) is 0 Å². The number of para-hydroxylation sites is 1. The lowest BCUT2D eigenvalue weighted by Gasteiger charge is -2.43. The van der Waals surface area contributed by atoms with Gasteiger partial charge in [-0.1, -0.05) is 30.3 Å². The molecule has 0 saturated heterocycles. The molecular formula is C31H31N3O5. The summed E-state index contributed by atoms with van der Waals surface area (Å²) in [5.74, 6) is -0.140. The van der Waals surface area contributed by atoms with Crippen LogP contribution < -0.4 is 0 Å². The number of Topliss-reactive ketones (excluding diaryl/α,β-unsaturated/α-hetero) is 2. The number of fused-ring (bicyclic) bond motifs is 1. The Kier molecular flexibility index (Phi) is 6.64. The van der Waals surface area contributed by atoms with Gasteiger partial charge in [0.25, 0.3) is 5.69 Å². The van der Waals surface area contributed by atoms with Gasteiger partial charge in [-0.25, -0.2) is 0 Å². The number of rotatable bonds is 7. The molecule has 39 heavy (non-hydrogen) atoms. The smallest absolute Gasteiger partial charge is 0.269 e. The number of nitrogens with zero attached hydrogens (tertiary/aromatic N) is 3. The van der Waals surface area contributed by atoms with Gasteiger partial charge in [-0.2, -0.15) is 0 Å². The summed E-state index contributed by atoms with van der Waals surface area (Å²) in [6.07, 6.45) is 6.32. The number of hydrogen-bond donors (Lipinski definition) is 0. The van der Waals surface area contributed by atoms with Crippen molar-refractivity contribution in [3.05, 3.63) is 98.5 Å². The van der Waals surface area contributed by atoms with Crippen molar-refractivity contribution in [3.63, 3.8) is 0 Å². The summed E-state index contributed by atoms with van der Waals surface area (Å²) < 4.78 is 7.54. The van der Waals surface area contributed by atoms with Gasteiger partial charge in [0.15, 0.2) is 11.6 Å². The summed E-state index contributed by atoms with van der Waals surface area (Å²) in [5, 5.41) is 12.1. The number of carbonyl (C=O) groups excluding carboxylic acids is 2. The standard InChI is InChI=1S/C31H31N3O5/c1-39-17-16-33-25-8-4-10-27(35)30(25)29(31-26(33)9-5-11-28(31)36)23-19-32(24-7-3-2-6-22(23)24)18-20-12-14-21(15-13-20)34(37)38/h2-3,6-7,12-15,19,29H,4-5,8-11,16-18H2,1H3. The third-order valence-corrected chi connectivity index (χ3v) is 8.24. The fourth-order valence-electron chi connectivity index (χ4n) is 6.54. The second-order valence-corrected chi connectivity index (χ2v) is 10.5. The molecule has 0 spiro atoms. The molecule has 0 atom stereocenters. The molecule has 0 bridgehead atoms. The largest absolute Gasteiger partial charge is 0.383 e. The SMILES string of the molecule is COCCN1C2=C(C(=O)CCC2)C(c2cn(Cc3ccc([N+](=O)[O-])cc3)c3ccccc23)C2=C1CCCC2=O. The molecule has 0 unspecified atom stereocenters. The van der Waals surface area contributed by atoms with Crippen LogP contribution >= 0.6 is 0 Å². The highest BCUT2D eigenvalue weighted by Gasteiger charge is 2.44. The molecule has 2 aliphatic carbocycles. The van der Waals surface area contributed by atoms with Crippen LogP contribution in [0.4, 0.5) is 5.69 Å². The van der Waals surface area contributed by atoms with E-state index in [0.717, 1.165) is 70.3 Å². The zero-order valence-electron chi connectivity index (χ0n) is 22.0. The normalized spacial score (nSPS) is 18.1. The van der Waals surface area contributed by atoms with Crippen molar-refractivity contribution in [1.82, 2.24) is 9.47 Å². The number of nitro benzene ring substituents is 1. The van der Waals surface area contributed by atoms with Crippen molar-refractivity contribution < 1.29 is 19.2 Å². The Morgan fingerprint density at radius 1 is 0.923 bits per heavy atom. The van der Waals surface area contributed by atoms with E-state index in [-0.39, 0.29) is 17.3 Å². The second kappa shape index (κ2) is 10.3. The molecular weight excluding hydrogens is 494 g/mol. The van der Waals surface area contributed by atoms with E-state index < -0.39 is 10.8 Å². The van der Waals surface area contributed by atoms with E-state index in [0.29, 0.717) is 32.5 Å². The van der Waals surface area contributed by atoms with Gasteiger partial charge in [-0.15, -0.1) is 0 Å². The highest BCUT2D eigenvalue weighted by molar-refractivity contribution is 6.07. The molecule has 2 heterocycles. The molecule has 8 heteroatoms. The first kappa shape index (κ1) is 25.2. The van der Waals surface area contributed by atoms with Crippen LogP contribution in [0.2, 0.25) is 0 Å². The molecule has 3 aromatic rings. The minimum absolute atomic E-state index is 0.0580. The highest BCUT2D eigenvalue weighted by atomic mass is 16.6. The lowest BCUT2D eigenvalue weighted by atomic mass is 9.71. The van der Waals surface area contributed by atoms with Gasteiger partial charge >= 0.3 is 0 Å². The van der Waals surface area contributed by atoms with Crippen LogP contribution in [0.25, 0.3) is 10.9 Å². The quantitative estimate of drug-likeness (QED) is 0.292. The molecule has 0 fully saturated rings. The number of hydrogen-bond acceptors (Lipinski definition) is 6. The maximum Gasteiger partial charge on any atom is 0.269 e. The Hall–Kier alpha value is -4.04. The number of carbonyl (C=O) groups is 2. The van der Waals surface area contributed by atoms with Gasteiger partial charge in [-0.3, -0.25) is 19.7 Å². The van der Waals surface area contributed by atoms with Gasteiger partial charge in [0.1, 0.15) is 0 Å². The van der Waals surface area contributed by atoms with E-state index in [1.165, 1.54) is 12.1 Å². The van der Waals surface area contributed by atoms with Crippen LogP contribution in [0.3, 0.4) is 0 Å². The average molecular weight is 526 g/mol. The van der Waals surface area contributed by atoms with Crippen molar-refractivity contribution in [3.8, 4) is 0 Å². The monoisotopic (exact) mass is 525 g/mol. The van der Waals surface area contributed by atoms with Crippen molar-refractivity contribution in [2.75, 3.05) is 20.3 Å². The van der Waals surface area contributed by atoms with E-state index in [1.807, 2.05) is 18.2 Å². The number of non-ortho nitro benzene ring substituents is 1. The average Bonchev–Trinajstić information content (AvgIpc) is 3.30. The Morgan fingerprint density at radius 3 is 2.18 bits per heavy atom. The third kappa shape index (κ3) is 4.38. The van der Waals surface area contributed by atoms with Crippen LogP contribution in [-0.4, -0.2) is 46.2 Å². The fourth-order valence-corrected chi connectivity index (χ4v) is 6.54. The summed E-state index contributed by atoms with van der Waals surface area (Å²) in [6.45, 7) is 1.67. The lowest BCUT2D eigenvalue weighted by Crippen LogP contribution is -2.40. The minimum atomic E-state index is -0.398. The van der Waals surface area contributed by atoms with Crippen LogP contribution in [0.5, 0.6) is 0 Å². The summed E-state index contributed by atoms with van der Waals surface area (Å²) >= 11 is 0. The predicted octanol–water partition coefficient (Wildman–Crippen LogP) is 5.66. The van der Waals surface area contributed by atoms with Crippen LogP contribution in [0.1, 0.15) is 55.6 Å². The van der Waals surface area contributed by atoms with Crippen LogP contribution in [-0.2, 0) is 20.9 Å². The molecule has 6 rings (SSSR count). The van der Waals surface area contributed by atoms with Crippen molar-refractivity contribution in [2.45, 2.75) is 51.0 Å². The first-order valence-electron chi connectivity index (χ1n) is 13.6. The zero-order chi connectivity index (χ0) is 27.1. The van der Waals surface area contributed by atoms with Gasteiger partial charge in [0, 0.05) is 90.7 Å². The molecule has 2 aromatic carbocycles. The number of methoxy groups -OCH3 is 1. The van der Waals surface area contributed by atoms with E-state index in [2.05, 4.69) is 21.7 Å². The van der Waals surface area contributed by atoms with Gasteiger partial charge in [0.05, 0.1) is 11.5 Å². The molecule has 1 aromatic heterocycles. The number of aromatic nitrogens is 1. The topological polar surface area (TPSA) is 94.7 Å². The summed E-state index contributed by atoms with van der Waals surface area (Å²) in [6, 6.07) is 14.7. The molecule has 8 nitrogen and oxygen atoms in total. The second-order valence-electron chi connectivity index (χ2n) is 10.5. The molecule has 0 radical (unpaired) electrons. The highest BCUT2D eigenvalue weighted by Crippen LogP contribution is 2.50. The van der Waals surface area contributed by atoms with Crippen molar-refractivity contribution >= 4 is 28.2 Å². The van der Waals surface area contributed by atoms with Gasteiger partial charge in [-0.05, 0) is 42.9 Å². The molecule has 3 aliphatic rings. The number of benzene rings is 2. The molecule has 0 amide bonds. The Bertz CT molecular complexity index is 1500. The number of nitro groups is 1. The van der Waals surface area contributed by atoms with E-state index in [1.54, 1.807) is 19.2 Å². The number of ether oxygens (including phenoxy) is 1. The maximum atomic E-state index is 13.6. The molecule has 1 aliphatic heterocycles. The molecule has 0 saturated carbocycles. The van der Waals surface area contributed by atoms with E-state index in [9.17, 15) is 19.7 Å². The Morgan fingerprint density at radius 2 is 1.56 bits per heavy atom. The number of allylic oxidation sites excluding steroid dienone is 4. The van der Waals surface area contributed by atoms with Crippen LogP contribution in [0.15, 0.2) is 77.3 Å². The lowest BCUT2D eigenvalue weighted by molar-refractivity contribution is -0.384. The Balaban J connectivity index is 1.51. The number of ketones is 2. The minimum Gasteiger partial charge on any atom is -0.383 e. The van der Waals surface area contributed by atoms with Crippen molar-refractivity contribution in [2.24, 2.45) is 0 Å². The van der Waals surface area contributed by atoms with Gasteiger partial charge < -0.3 is 14.2 Å². The maximum absolute atomic E-state index is 13.6. The summed E-state index contributed by atoms with van der Waals surface area (Å²) in [7, 11) is 1.68. The van der Waals surface area contributed by atoms with E-state index in [4.69, 9.17) is 4.74 Å². The molecule has 200 valence electrons. The van der Waals surface area contributed by atoms with E-state index >= 15 is 0 Å². The van der Waals surface area contributed by atoms with Crippen LogP contribution in [0, 0.1) is 10.1 Å². The first-order chi connectivity index (χ1) is 19.0. The summed E-state index contributed by atoms with van der Waals surface area (Å²) in [5.41, 5.74) is 6.61.